The summed E-state index contributed by atoms with van der Waals surface area (Å²) in [6, 6.07) is 5.30. The normalized spacial score (nSPS) is 33.2. The Hall–Kier alpha value is -1.15. The van der Waals surface area contributed by atoms with Gasteiger partial charge in [0.1, 0.15) is 11.9 Å². The molecule has 1 fully saturated rings. The van der Waals surface area contributed by atoms with Gasteiger partial charge in [-0.3, -0.25) is 5.73 Å². The van der Waals surface area contributed by atoms with Crippen LogP contribution in [-0.4, -0.2) is 21.6 Å². The number of fused-ring (bicyclic) bond motifs is 3. The van der Waals surface area contributed by atoms with Crippen LogP contribution in [-0.2, 0) is 30.9 Å². The number of benzene rings is 1. The first-order valence-corrected chi connectivity index (χ1v) is 6.38. The molecule has 1 saturated heterocycles. The molecule has 0 saturated carbocycles. The van der Waals surface area contributed by atoms with Crippen LogP contribution in [0, 0.1) is 0 Å². The van der Waals surface area contributed by atoms with E-state index in [9.17, 15) is 8.42 Å². The molecule has 1 aromatic carbocycles. The number of hydrogen-bond donors (Lipinski definition) is 1. The predicted molar refractivity (Wildman–Crippen MR) is 57.4 cm³/mol. The number of nitrogens with two attached hydrogens (primary N) is 1. The van der Waals surface area contributed by atoms with Crippen LogP contribution >= 0.6 is 0 Å². The Morgan fingerprint density at radius 2 is 2.29 bits per heavy atom. The molecule has 1 unspecified atom stereocenters. The Bertz CT molecular complexity index is 584. The van der Waals surface area contributed by atoms with Crippen molar-refractivity contribution in [1.29, 1.82) is 0 Å². The summed E-state index contributed by atoms with van der Waals surface area (Å²) in [7, 11) is -2.46. The van der Waals surface area contributed by atoms with E-state index in [2.05, 4.69) is 0 Å². The lowest BCUT2D eigenvalue weighted by Crippen LogP contribution is -2.42. The molecule has 1 heterocycles. The van der Waals surface area contributed by atoms with Crippen LogP contribution in [0.2, 0.25) is 0 Å². The van der Waals surface area contributed by atoms with Gasteiger partial charge in [-0.1, -0.05) is 6.07 Å². The van der Waals surface area contributed by atoms with E-state index in [4.69, 9.17) is 18.8 Å². The molecular formula is C10H11NO5S. The third-order valence-electron chi connectivity index (χ3n) is 3.10. The summed E-state index contributed by atoms with van der Waals surface area (Å²) in [5, 5.41) is 0. The Balaban J connectivity index is 2.13. The number of ether oxygens (including phenoxy) is 1. The molecule has 0 aromatic heterocycles. The van der Waals surface area contributed by atoms with Crippen molar-refractivity contribution in [3.05, 3.63) is 29.3 Å². The van der Waals surface area contributed by atoms with E-state index in [0.717, 1.165) is 5.56 Å². The van der Waals surface area contributed by atoms with Gasteiger partial charge < -0.3 is 4.74 Å². The van der Waals surface area contributed by atoms with E-state index in [0.29, 0.717) is 17.7 Å². The van der Waals surface area contributed by atoms with Crippen LogP contribution < -0.4 is 10.5 Å². The Morgan fingerprint density at radius 1 is 1.53 bits per heavy atom. The first-order chi connectivity index (χ1) is 7.94. The minimum atomic E-state index is -3.99. The zero-order valence-electron chi connectivity index (χ0n) is 9.04. The number of rotatable bonds is 1. The van der Waals surface area contributed by atoms with Crippen LogP contribution in [0.15, 0.2) is 18.2 Å². The summed E-state index contributed by atoms with van der Waals surface area (Å²) in [5.74, 6) is 0.599. The minimum Gasteiger partial charge on any atom is -0.497 e. The van der Waals surface area contributed by atoms with Crippen molar-refractivity contribution in [3.8, 4) is 5.75 Å². The highest BCUT2D eigenvalue weighted by molar-refractivity contribution is 7.82. The van der Waals surface area contributed by atoms with Gasteiger partial charge in [-0.15, -0.1) is 0 Å². The van der Waals surface area contributed by atoms with Gasteiger partial charge in [0.05, 0.1) is 7.11 Å². The molecule has 1 aromatic rings. The maximum Gasteiger partial charge on any atom is 0.402 e. The van der Waals surface area contributed by atoms with E-state index in [-0.39, 0.29) is 0 Å². The molecule has 0 spiro atoms. The fourth-order valence-electron chi connectivity index (χ4n) is 2.28. The van der Waals surface area contributed by atoms with Crippen LogP contribution in [0.3, 0.4) is 0 Å². The van der Waals surface area contributed by atoms with E-state index < -0.39 is 22.2 Å². The molecule has 92 valence electrons. The number of hydrogen-bond acceptors (Lipinski definition) is 6. The molecule has 1 aliphatic carbocycles. The predicted octanol–water partition coefficient (Wildman–Crippen LogP) is 0.0230. The molecule has 0 amide bonds. The van der Waals surface area contributed by atoms with Gasteiger partial charge in [-0.2, -0.15) is 8.42 Å². The zero-order chi connectivity index (χ0) is 12.3. The number of methoxy groups -OCH3 is 1. The molecule has 7 heteroatoms. The van der Waals surface area contributed by atoms with Gasteiger partial charge in [0.2, 0.25) is 0 Å². The fraction of sp³-hybridized carbons (Fsp3) is 0.400. The van der Waals surface area contributed by atoms with E-state index in [1.54, 1.807) is 12.1 Å². The quantitative estimate of drug-likeness (QED) is 0.763. The third-order valence-corrected chi connectivity index (χ3v) is 4.04. The smallest absolute Gasteiger partial charge is 0.402 e. The average molecular weight is 257 g/mol. The molecule has 0 bridgehead atoms. The SMILES string of the molecule is COc1ccc2c(c1)[C@]1(N)OS(=O)(=O)OC1C2. The molecule has 3 rings (SSSR count). The second-order valence-corrected chi connectivity index (χ2v) is 5.27. The lowest BCUT2D eigenvalue weighted by molar-refractivity contribution is 0.0558. The van der Waals surface area contributed by atoms with Crippen molar-refractivity contribution in [2.24, 2.45) is 5.73 Å². The van der Waals surface area contributed by atoms with Crippen LogP contribution in [0.1, 0.15) is 11.1 Å². The van der Waals surface area contributed by atoms with Gasteiger partial charge in [0.25, 0.3) is 0 Å². The summed E-state index contributed by atoms with van der Waals surface area (Å²) in [6.45, 7) is 0. The fourth-order valence-corrected chi connectivity index (χ4v) is 3.35. The average Bonchev–Trinajstić information content (AvgIpc) is 2.63. The second kappa shape index (κ2) is 3.20. The highest BCUT2D eigenvalue weighted by Crippen LogP contribution is 2.45. The van der Waals surface area contributed by atoms with Gasteiger partial charge in [0.15, 0.2) is 5.72 Å². The molecule has 2 aliphatic rings. The van der Waals surface area contributed by atoms with Crippen molar-refractivity contribution in [2.45, 2.75) is 18.2 Å². The molecule has 6 nitrogen and oxygen atoms in total. The molecular weight excluding hydrogens is 246 g/mol. The first kappa shape index (κ1) is 11.0. The van der Waals surface area contributed by atoms with Gasteiger partial charge in [0, 0.05) is 12.0 Å². The second-order valence-electron chi connectivity index (χ2n) is 4.10. The summed E-state index contributed by atoms with van der Waals surface area (Å²) < 4.78 is 37.3. The standard InChI is InChI=1S/C10H11NO5S/c1-14-7-3-2-6-4-9-10(11,8(6)5-7)16-17(12,13)15-9/h2-3,5,9H,4,11H2,1H3/t9?,10-/m0/s1. The van der Waals surface area contributed by atoms with E-state index in [1.807, 2.05) is 6.07 Å². The maximum atomic E-state index is 11.3. The van der Waals surface area contributed by atoms with Gasteiger partial charge in [-0.25, -0.2) is 8.37 Å². The van der Waals surface area contributed by atoms with Crippen molar-refractivity contribution in [3.63, 3.8) is 0 Å². The Morgan fingerprint density at radius 3 is 3.00 bits per heavy atom. The third kappa shape index (κ3) is 1.47. The lowest BCUT2D eigenvalue weighted by atomic mass is 10.0. The van der Waals surface area contributed by atoms with E-state index in [1.165, 1.54) is 7.11 Å². The zero-order valence-corrected chi connectivity index (χ0v) is 9.86. The van der Waals surface area contributed by atoms with Crippen LogP contribution in [0.5, 0.6) is 5.75 Å². The van der Waals surface area contributed by atoms with Crippen LogP contribution in [0.25, 0.3) is 0 Å². The van der Waals surface area contributed by atoms with Crippen molar-refractivity contribution >= 4 is 10.4 Å². The molecule has 2 N–H and O–H groups in total. The molecule has 1 aliphatic heterocycles. The van der Waals surface area contributed by atoms with Crippen LogP contribution in [0.4, 0.5) is 0 Å². The highest BCUT2D eigenvalue weighted by atomic mass is 32.3. The van der Waals surface area contributed by atoms with Gasteiger partial charge >= 0.3 is 10.4 Å². The monoisotopic (exact) mass is 257 g/mol. The summed E-state index contributed by atoms with van der Waals surface area (Å²) in [4.78, 5) is 0. The first-order valence-electron chi connectivity index (χ1n) is 5.05. The largest absolute Gasteiger partial charge is 0.497 e. The molecule has 0 radical (unpaired) electrons. The molecule has 2 atom stereocenters. The highest BCUT2D eigenvalue weighted by Gasteiger charge is 2.57. The molecule has 17 heavy (non-hydrogen) atoms. The minimum absolute atomic E-state index is 0.412. The van der Waals surface area contributed by atoms with Crippen molar-refractivity contribution in [2.75, 3.05) is 7.11 Å². The maximum absolute atomic E-state index is 11.3. The van der Waals surface area contributed by atoms with Crippen molar-refractivity contribution in [1.82, 2.24) is 0 Å². The summed E-state index contributed by atoms with van der Waals surface area (Å²) >= 11 is 0. The van der Waals surface area contributed by atoms with Gasteiger partial charge in [-0.05, 0) is 17.7 Å². The summed E-state index contributed by atoms with van der Waals surface area (Å²) in [6.07, 6.45) is -0.288. The Kier molecular flexibility index (Phi) is 2.06. The van der Waals surface area contributed by atoms with Crippen molar-refractivity contribution < 1.29 is 21.5 Å². The lowest BCUT2D eigenvalue weighted by Gasteiger charge is -2.19. The van der Waals surface area contributed by atoms with E-state index >= 15 is 0 Å². The topological polar surface area (TPSA) is 87.9 Å². The summed E-state index contributed by atoms with van der Waals surface area (Å²) in [5.41, 5.74) is 6.08. The Labute approximate surface area is 98.6 Å².